The predicted octanol–water partition coefficient (Wildman–Crippen LogP) is 0.568. The van der Waals surface area contributed by atoms with Crippen molar-refractivity contribution in [3.8, 4) is 11.6 Å². The van der Waals surface area contributed by atoms with Gasteiger partial charge < -0.3 is 9.84 Å². The molecular formula is C15H15N3O5S. The molecule has 0 spiro atoms. The molecule has 126 valence electrons. The van der Waals surface area contributed by atoms with E-state index in [1.165, 1.54) is 19.2 Å². The minimum Gasteiger partial charge on any atom is -0.506 e. The lowest BCUT2D eigenvalue weighted by Gasteiger charge is -2.16. The van der Waals surface area contributed by atoms with Crippen LogP contribution in [0.15, 0.2) is 36.4 Å². The summed E-state index contributed by atoms with van der Waals surface area (Å²) in [6.07, 6.45) is 0.439. The largest absolute Gasteiger partial charge is 0.506 e. The molecule has 1 amide bonds. The number of hydrogen-bond donors (Lipinski definition) is 2. The number of pyridine rings is 1. The fraction of sp³-hybridized carbons (Fsp3) is 0.200. The van der Waals surface area contributed by atoms with Crippen LogP contribution in [0, 0.1) is 0 Å². The minimum atomic E-state index is -3.95. The zero-order valence-electron chi connectivity index (χ0n) is 12.8. The third-order valence-corrected chi connectivity index (χ3v) is 4.90. The second-order valence-corrected chi connectivity index (χ2v) is 6.80. The van der Waals surface area contributed by atoms with E-state index in [-0.39, 0.29) is 18.0 Å². The van der Waals surface area contributed by atoms with Crippen LogP contribution in [0.3, 0.4) is 0 Å². The average molecular weight is 349 g/mol. The summed E-state index contributed by atoms with van der Waals surface area (Å²) < 4.78 is 31.4. The Bertz CT molecular complexity index is 898. The molecule has 0 aliphatic carbocycles. The van der Waals surface area contributed by atoms with Gasteiger partial charge in [-0.2, -0.15) is 8.42 Å². The molecule has 1 aromatic carbocycles. The van der Waals surface area contributed by atoms with E-state index in [4.69, 9.17) is 4.74 Å². The first-order valence-electron chi connectivity index (χ1n) is 7.04. The Balaban J connectivity index is 1.86. The Hall–Kier alpha value is -2.81. The van der Waals surface area contributed by atoms with E-state index in [2.05, 4.69) is 4.98 Å². The summed E-state index contributed by atoms with van der Waals surface area (Å²) >= 11 is 0. The van der Waals surface area contributed by atoms with Gasteiger partial charge >= 0.3 is 10.2 Å². The van der Waals surface area contributed by atoms with Crippen molar-refractivity contribution in [2.75, 3.05) is 18.0 Å². The van der Waals surface area contributed by atoms with E-state index in [0.717, 1.165) is 15.6 Å². The van der Waals surface area contributed by atoms with Crippen LogP contribution >= 0.6 is 0 Å². The lowest BCUT2D eigenvalue weighted by molar-refractivity contribution is -0.117. The van der Waals surface area contributed by atoms with Gasteiger partial charge in [0.05, 0.1) is 12.8 Å². The van der Waals surface area contributed by atoms with Gasteiger partial charge in [0.15, 0.2) is 0 Å². The summed E-state index contributed by atoms with van der Waals surface area (Å²) in [6.45, 7) is -0.354. The number of ether oxygens (including phenoxy) is 1. The van der Waals surface area contributed by atoms with Gasteiger partial charge in [0.1, 0.15) is 12.3 Å². The number of rotatable bonds is 4. The maximum atomic E-state index is 11.8. The standard InChI is InChI=1S/C15H15N3O5S/c1-23-15-4-2-3-11(16-15)7-10-5-6-12(13(19)8-10)18-9-14(20)17-24(18,21)22/h2-6,8,19H,7,9H2,1H3,(H,17,20). The fourth-order valence-electron chi connectivity index (χ4n) is 2.43. The monoisotopic (exact) mass is 349 g/mol. The van der Waals surface area contributed by atoms with Gasteiger partial charge in [-0.1, -0.05) is 12.1 Å². The van der Waals surface area contributed by atoms with Gasteiger partial charge in [0.2, 0.25) is 5.88 Å². The van der Waals surface area contributed by atoms with E-state index in [0.29, 0.717) is 12.3 Å². The van der Waals surface area contributed by atoms with E-state index in [1.54, 1.807) is 12.1 Å². The highest BCUT2D eigenvalue weighted by molar-refractivity contribution is 7.92. The van der Waals surface area contributed by atoms with Gasteiger partial charge in [0.25, 0.3) is 5.91 Å². The van der Waals surface area contributed by atoms with Crippen molar-refractivity contribution < 1.29 is 23.1 Å². The quantitative estimate of drug-likeness (QED) is 0.835. The summed E-state index contributed by atoms with van der Waals surface area (Å²) in [5.41, 5.74) is 1.54. The Kier molecular flexibility index (Phi) is 4.02. The molecule has 0 bridgehead atoms. The number of phenolic OH excluding ortho intramolecular Hbond substituents is 1. The zero-order valence-corrected chi connectivity index (χ0v) is 13.6. The highest BCUT2D eigenvalue weighted by atomic mass is 32.2. The number of methoxy groups -OCH3 is 1. The Labute approximate surface area is 138 Å². The molecule has 1 fully saturated rings. The second-order valence-electron chi connectivity index (χ2n) is 5.21. The number of amides is 1. The molecule has 0 saturated carbocycles. The Morgan fingerprint density at radius 2 is 2.12 bits per heavy atom. The van der Waals surface area contributed by atoms with Gasteiger partial charge in [-0.3, -0.25) is 4.79 Å². The molecule has 0 atom stereocenters. The Morgan fingerprint density at radius 3 is 2.75 bits per heavy atom. The third-order valence-electron chi connectivity index (χ3n) is 3.50. The summed E-state index contributed by atoms with van der Waals surface area (Å²) in [4.78, 5) is 15.6. The molecule has 0 radical (unpaired) electrons. The molecular weight excluding hydrogens is 334 g/mol. The van der Waals surface area contributed by atoms with Crippen molar-refractivity contribution in [3.05, 3.63) is 47.7 Å². The van der Waals surface area contributed by atoms with Crippen LogP contribution in [0.5, 0.6) is 11.6 Å². The lowest BCUT2D eigenvalue weighted by Crippen LogP contribution is -2.29. The number of benzene rings is 1. The number of anilines is 1. The molecule has 1 saturated heterocycles. The number of hydrogen-bond acceptors (Lipinski definition) is 6. The third kappa shape index (κ3) is 3.11. The van der Waals surface area contributed by atoms with E-state index in [9.17, 15) is 18.3 Å². The zero-order chi connectivity index (χ0) is 17.3. The number of aromatic nitrogens is 1. The first kappa shape index (κ1) is 16.1. The van der Waals surface area contributed by atoms with Crippen LogP contribution in [-0.4, -0.2) is 38.1 Å². The summed E-state index contributed by atoms with van der Waals surface area (Å²) in [5.74, 6) is -0.379. The van der Waals surface area contributed by atoms with Crippen LogP contribution in [0.4, 0.5) is 5.69 Å². The Morgan fingerprint density at radius 1 is 1.33 bits per heavy atom. The molecule has 2 N–H and O–H groups in total. The number of nitrogens with one attached hydrogen (secondary N) is 1. The normalized spacial score (nSPS) is 16.0. The highest BCUT2D eigenvalue weighted by Gasteiger charge is 2.35. The average Bonchev–Trinajstić information content (AvgIpc) is 2.80. The van der Waals surface area contributed by atoms with Crippen LogP contribution in [0.1, 0.15) is 11.3 Å². The molecule has 1 aliphatic rings. The van der Waals surface area contributed by atoms with Crippen molar-refractivity contribution in [1.29, 1.82) is 0 Å². The molecule has 2 aromatic rings. The van der Waals surface area contributed by atoms with Crippen molar-refractivity contribution in [2.45, 2.75) is 6.42 Å². The number of carbonyl (C=O) groups is 1. The van der Waals surface area contributed by atoms with Crippen LogP contribution in [0.2, 0.25) is 0 Å². The van der Waals surface area contributed by atoms with Gasteiger partial charge in [-0.15, -0.1) is 0 Å². The van der Waals surface area contributed by atoms with Crippen molar-refractivity contribution in [1.82, 2.24) is 9.71 Å². The van der Waals surface area contributed by atoms with Crippen LogP contribution in [0.25, 0.3) is 0 Å². The topological polar surface area (TPSA) is 109 Å². The number of phenols is 1. The first-order valence-corrected chi connectivity index (χ1v) is 8.48. The van der Waals surface area contributed by atoms with Gasteiger partial charge in [-0.05, 0) is 23.8 Å². The van der Waals surface area contributed by atoms with E-state index >= 15 is 0 Å². The molecule has 9 heteroatoms. The number of aromatic hydroxyl groups is 1. The second kappa shape index (κ2) is 6.00. The first-order chi connectivity index (χ1) is 11.4. The molecule has 2 heterocycles. The van der Waals surface area contributed by atoms with E-state index in [1.807, 2.05) is 16.9 Å². The summed E-state index contributed by atoms with van der Waals surface area (Å²) in [7, 11) is -2.42. The number of carbonyl (C=O) groups excluding carboxylic acids is 1. The molecule has 24 heavy (non-hydrogen) atoms. The molecule has 1 aliphatic heterocycles. The van der Waals surface area contributed by atoms with Crippen molar-refractivity contribution >= 4 is 21.8 Å². The van der Waals surface area contributed by atoms with Gasteiger partial charge in [-0.25, -0.2) is 14.0 Å². The summed E-state index contributed by atoms with van der Waals surface area (Å²) in [6, 6.07) is 9.95. The maximum Gasteiger partial charge on any atom is 0.326 e. The molecule has 8 nitrogen and oxygen atoms in total. The molecule has 1 aromatic heterocycles. The van der Waals surface area contributed by atoms with Crippen LogP contribution in [-0.2, 0) is 21.4 Å². The minimum absolute atomic E-state index is 0.0516. The highest BCUT2D eigenvalue weighted by Crippen LogP contribution is 2.31. The summed E-state index contributed by atoms with van der Waals surface area (Å²) in [5, 5.41) is 10.2. The van der Waals surface area contributed by atoms with Crippen molar-refractivity contribution in [2.24, 2.45) is 0 Å². The van der Waals surface area contributed by atoms with Crippen molar-refractivity contribution in [3.63, 3.8) is 0 Å². The van der Waals surface area contributed by atoms with E-state index < -0.39 is 16.1 Å². The molecule has 0 unspecified atom stereocenters. The predicted molar refractivity (Wildman–Crippen MR) is 86.1 cm³/mol. The number of nitrogens with zero attached hydrogens (tertiary/aromatic N) is 2. The SMILES string of the molecule is COc1cccc(Cc2ccc(N3CC(=O)NS3(=O)=O)c(O)c2)n1. The van der Waals surface area contributed by atoms with Gasteiger partial charge in [0, 0.05) is 18.2 Å². The molecule has 3 rings (SSSR count). The van der Waals surface area contributed by atoms with Crippen LogP contribution < -0.4 is 13.8 Å². The lowest BCUT2D eigenvalue weighted by atomic mass is 10.1. The fourth-order valence-corrected chi connectivity index (χ4v) is 3.59. The maximum absolute atomic E-state index is 11.8. The smallest absolute Gasteiger partial charge is 0.326 e.